The lowest BCUT2D eigenvalue weighted by molar-refractivity contribution is -0.104. The van der Waals surface area contributed by atoms with Crippen LogP contribution in [0.1, 0.15) is 5.56 Å². The van der Waals surface area contributed by atoms with Crippen LogP contribution in [0.4, 0.5) is 0 Å². The van der Waals surface area contributed by atoms with Crippen molar-refractivity contribution in [1.82, 2.24) is 4.98 Å². The van der Waals surface area contributed by atoms with E-state index in [0.717, 1.165) is 23.0 Å². The van der Waals surface area contributed by atoms with E-state index in [1.807, 2.05) is 36.4 Å². The largest absolute Gasteiger partial charge is 0.299 e. The highest BCUT2D eigenvalue weighted by Gasteiger charge is 1.95. The number of aromatic nitrogens is 1. The van der Waals surface area contributed by atoms with Gasteiger partial charge in [-0.2, -0.15) is 0 Å². The molecule has 78 valence electrons. The summed E-state index contributed by atoms with van der Waals surface area (Å²) in [4.78, 5) is 14.2. The monoisotopic (exact) mass is 209 g/mol. The number of carbonyl (C=O) groups excluding carboxylic acids is 1. The Kier molecular flexibility index (Phi) is 3.24. The molecule has 2 rings (SSSR count). The standard InChI is InChI=1S/C14H11NO/c16-11-1-2-12-3-5-13(6-4-12)14-7-9-15-10-8-14/h1-11H/b2-1+. The molecule has 0 unspecified atom stereocenters. The molecule has 0 aliphatic rings. The van der Waals surface area contributed by atoms with Crippen molar-refractivity contribution in [3.8, 4) is 11.1 Å². The van der Waals surface area contributed by atoms with Gasteiger partial charge in [0.05, 0.1) is 0 Å². The Labute approximate surface area is 94.3 Å². The minimum absolute atomic E-state index is 0.775. The van der Waals surface area contributed by atoms with Crippen LogP contribution in [0.15, 0.2) is 54.9 Å². The summed E-state index contributed by atoms with van der Waals surface area (Å²) >= 11 is 0. The number of pyridine rings is 1. The molecule has 0 bridgehead atoms. The van der Waals surface area contributed by atoms with E-state index in [4.69, 9.17) is 0 Å². The van der Waals surface area contributed by atoms with Crippen LogP contribution >= 0.6 is 0 Å². The fourth-order valence-corrected chi connectivity index (χ4v) is 1.48. The smallest absolute Gasteiger partial charge is 0.142 e. The first-order valence-corrected chi connectivity index (χ1v) is 5.02. The fourth-order valence-electron chi connectivity index (χ4n) is 1.48. The Hall–Kier alpha value is -2.22. The highest BCUT2D eigenvalue weighted by molar-refractivity contribution is 5.74. The molecule has 1 heterocycles. The van der Waals surface area contributed by atoms with Crippen molar-refractivity contribution in [3.63, 3.8) is 0 Å². The second-order valence-electron chi connectivity index (χ2n) is 3.35. The molecule has 2 nitrogen and oxygen atoms in total. The molecule has 0 radical (unpaired) electrons. The van der Waals surface area contributed by atoms with Gasteiger partial charge in [-0.3, -0.25) is 9.78 Å². The number of benzene rings is 1. The summed E-state index contributed by atoms with van der Waals surface area (Å²) in [5, 5.41) is 0. The van der Waals surface area contributed by atoms with Crippen LogP contribution in [0.3, 0.4) is 0 Å². The quantitative estimate of drug-likeness (QED) is 0.574. The van der Waals surface area contributed by atoms with Crippen molar-refractivity contribution in [3.05, 3.63) is 60.4 Å². The second kappa shape index (κ2) is 5.03. The maximum Gasteiger partial charge on any atom is 0.142 e. The van der Waals surface area contributed by atoms with Crippen molar-refractivity contribution in [1.29, 1.82) is 0 Å². The first-order valence-electron chi connectivity index (χ1n) is 5.02. The molecule has 0 aliphatic carbocycles. The SMILES string of the molecule is O=C/C=C/c1ccc(-c2ccncc2)cc1. The van der Waals surface area contributed by atoms with E-state index in [2.05, 4.69) is 4.98 Å². The van der Waals surface area contributed by atoms with Gasteiger partial charge in [0, 0.05) is 12.4 Å². The zero-order valence-electron chi connectivity index (χ0n) is 8.71. The zero-order valence-corrected chi connectivity index (χ0v) is 8.71. The van der Waals surface area contributed by atoms with Gasteiger partial charge in [0.15, 0.2) is 0 Å². The topological polar surface area (TPSA) is 30.0 Å². The van der Waals surface area contributed by atoms with Crippen molar-refractivity contribution < 1.29 is 4.79 Å². The van der Waals surface area contributed by atoms with Gasteiger partial charge >= 0.3 is 0 Å². The highest BCUT2D eigenvalue weighted by atomic mass is 16.1. The maximum atomic E-state index is 10.2. The number of hydrogen-bond donors (Lipinski definition) is 0. The number of hydrogen-bond acceptors (Lipinski definition) is 2. The van der Waals surface area contributed by atoms with Gasteiger partial charge in [0.1, 0.15) is 6.29 Å². The maximum absolute atomic E-state index is 10.2. The molecule has 0 atom stereocenters. The van der Waals surface area contributed by atoms with E-state index >= 15 is 0 Å². The van der Waals surface area contributed by atoms with E-state index in [1.165, 1.54) is 6.08 Å². The molecule has 2 heteroatoms. The molecule has 0 N–H and O–H groups in total. The third-order valence-corrected chi connectivity index (χ3v) is 2.29. The number of nitrogens with zero attached hydrogens (tertiary/aromatic N) is 1. The predicted molar refractivity (Wildman–Crippen MR) is 64.8 cm³/mol. The molecule has 0 aliphatic heterocycles. The summed E-state index contributed by atoms with van der Waals surface area (Å²) in [6.07, 6.45) is 7.59. The summed E-state index contributed by atoms with van der Waals surface area (Å²) in [7, 11) is 0. The van der Waals surface area contributed by atoms with Crippen LogP contribution in [0, 0.1) is 0 Å². The van der Waals surface area contributed by atoms with Crippen molar-refractivity contribution in [2.24, 2.45) is 0 Å². The lowest BCUT2D eigenvalue weighted by atomic mass is 10.1. The molecule has 0 saturated carbocycles. The molecule has 0 fully saturated rings. The van der Waals surface area contributed by atoms with Crippen molar-refractivity contribution in [2.45, 2.75) is 0 Å². The molecular formula is C14H11NO. The third-order valence-electron chi connectivity index (χ3n) is 2.29. The van der Waals surface area contributed by atoms with Gasteiger partial charge in [-0.05, 0) is 34.9 Å². The highest BCUT2D eigenvalue weighted by Crippen LogP contribution is 2.18. The molecule has 0 saturated heterocycles. The Bertz CT molecular complexity index is 486. The molecule has 1 aromatic carbocycles. The first-order chi connectivity index (χ1) is 7.90. The second-order valence-corrected chi connectivity index (χ2v) is 3.35. The van der Waals surface area contributed by atoms with Gasteiger partial charge in [-0.1, -0.05) is 30.3 Å². The minimum Gasteiger partial charge on any atom is -0.299 e. The van der Waals surface area contributed by atoms with E-state index < -0.39 is 0 Å². The summed E-state index contributed by atoms with van der Waals surface area (Å²) in [6, 6.07) is 12.0. The van der Waals surface area contributed by atoms with Gasteiger partial charge in [-0.15, -0.1) is 0 Å². The summed E-state index contributed by atoms with van der Waals surface area (Å²) in [5.41, 5.74) is 3.30. The van der Waals surface area contributed by atoms with Crippen LogP contribution in [0.5, 0.6) is 0 Å². The molecule has 2 aromatic rings. The van der Waals surface area contributed by atoms with E-state index in [9.17, 15) is 4.79 Å². The Morgan fingerprint density at radius 2 is 1.50 bits per heavy atom. The van der Waals surface area contributed by atoms with Crippen LogP contribution < -0.4 is 0 Å². The molecule has 16 heavy (non-hydrogen) atoms. The Morgan fingerprint density at radius 3 is 2.12 bits per heavy atom. The first kappa shape index (κ1) is 10.3. The number of carbonyl (C=O) groups is 1. The Morgan fingerprint density at radius 1 is 0.875 bits per heavy atom. The zero-order chi connectivity index (χ0) is 11.2. The number of allylic oxidation sites excluding steroid dienone is 1. The summed E-state index contributed by atoms with van der Waals surface area (Å²) in [6.45, 7) is 0. The third kappa shape index (κ3) is 2.42. The Balaban J connectivity index is 2.26. The average molecular weight is 209 g/mol. The van der Waals surface area contributed by atoms with Crippen LogP contribution in [0.25, 0.3) is 17.2 Å². The van der Waals surface area contributed by atoms with Crippen molar-refractivity contribution in [2.75, 3.05) is 0 Å². The van der Waals surface area contributed by atoms with Gasteiger partial charge < -0.3 is 0 Å². The van der Waals surface area contributed by atoms with Gasteiger partial charge in [-0.25, -0.2) is 0 Å². The van der Waals surface area contributed by atoms with Gasteiger partial charge in [0.2, 0.25) is 0 Å². The normalized spacial score (nSPS) is 10.5. The average Bonchev–Trinajstić information content (AvgIpc) is 2.38. The van der Waals surface area contributed by atoms with Crippen LogP contribution in [-0.4, -0.2) is 11.3 Å². The van der Waals surface area contributed by atoms with Crippen LogP contribution in [0.2, 0.25) is 0 Å². The van der Waals surface area contributed by atoms with Crippen molar-refractivity contribution >= 4 is 12.4 Å². The summed E-state index contributed by atoms with van der Waals surface area (Å²) < 4.78 is 0. The molecule has 0 amide bonds. The van der Waals surface area contributed by atoms with E-state index in [-0.39, 0.29) is 0 Å². The molecule has 1 aromatic heterocycles. The lowest BCUT2D eigenvalue weighted by Crippen LogP contribution is -1.79. The lowest BCUT2D eigenvalue weighted by Gasteiger charge is -2.01. The van der Waals surface area contributed by atoms with E-state index in [0.29, 0.717) is 0 Å². The van der Waals surface area contributed by atoms with Gasteiger partial charge in [0.25, 0.3) is 0 Å². The number of rotatable bonds is 3. The number of aldehydes is 1. The summed E-state index contributed by atoms with van der Waals surface area (Å²) in [5.74, 6) is 0. The fraction of sp³-hybridized carbons (Fsp3) is 0. The van der Waals surface area contributed by atoms with Crippen LogP contribution in [-0.2, 0) is 4.79 Å². The predicted octanol–water partition coefficient (Wildman–Crippen LogP) is 2.96. The minimum atomic E-state index is 0.775. The molecule has 0 spiro atoms. The van der Waals surface area contributed by atoms with E-state index in [1.54, 1.807) is 18.5 Å². The molecular weight excluding hydrogens is 198 g/mol.